The van der Waals surface area contributed by atoms with E-state index >= 15 is 0 Å². The Balaban J connectivity index is 2.41. The van der Waals surface area contributed by atoms with Gasteiger partial charge in [-0.2, -0.15) is 18.4 Å². The summed E-state index contributed by atoms with van der Waals surface area (Å²) in [7, 11) is 0. The molecule has 0 radical (unpaired) electrons. The van der Waals surface area contributed by atoms with E-state index in [0.29, 0.717) is 17.8 Å². The van der Waals surface area contributed by atoms with Crippen LogP contribution in [0.5, 0.6) is 0 Å². The Morgan fingerprint density at radius 3 is 2.29 bits per heavy atom. The van der Waals surface area contributed by atoms with Crippen molar-refractivity contribution in [3.63, 3.8) is 0 Å². The maximum Gasteiger partial charge on any atom is 0.416 e. The lowest BCUT2D eigenvalue weighted by Gasteiger charge is -2.10. The highest BCUT2D eigenvalue weighted by atomic mass is 32.2. The molecule has 0 unspecified atom stereocenters. The zero-order chi connectivity index (χ0) is 15.6. The molecule has 0 saturated heterocycles. The van der Waals surface area contributed by atoms with E-state index in [1.54, 1.807) is 6.07 Å². The minimum atomic E-state index is -4.57. The number of alkyl halides is 3. The summed E-state index contributed by atoms with van der Waals surface area (Å²) in [6.45, 7) is 0. The van der Waals surface area contributed by atoms with E-state index in [1.807, 2.05) is 0 Å². The highest BCUT2D eigenvalue weighted by Crippen LogP contribution is 2.36. The van der Waals surface area contributed by atoms with Gasteiger partial charge in [0.2, 0.25) is 0 Å². The number of nitrogens with zero attached hydrogens (tertiary/aromatic N) is 1. The van der Waals surface area contributed by atoms with Gasteiger partial charge in [0.1, 0.15) is 17.7 Å². The molecule has 0 aliphatic heterocycles. The lowest BCUT2D eigenvalue weighted by atomic mass is 10.1. The predicted molar refractivity (Wildman–Crippen MR) is 66.6 cm³/mol. The first-order chi connectivity index (χ1) is 9.81. The van der Waals surface area contributed by atoms with Crippen molar-refractivity contribution in [2.75, 3.05) is 0 Å². The van der Waals surface area contributed by atoms with Crippen LogP contribution in [0.4, 0.5) is 22.0 Å². The molecular formula is C14H6F5NS. The first-order valence-electron chi connectivity index (χ1n) is 5.55. The van der Waals surface area contributed by atoms with Crippen LogP contribution in [0.15, 0.2) is 46.2 Å². The highest BCUT2D eigenvalue weighted by molar-refractivity contribution is 7.99. The molecule has 0 bridgehead atoms. The molecule has 0 fully saturated rings. The highest BCUT2D eigenvalue weighted by Gasteiger charge is 2.31. The number of benzene rings is 2. The zero-order valence-electron chi connectivity index (χ0n) is 10.2. The van der Waals surface area contributed by atoms with Crippen LogP contribution in [0.1, 0.15) is 11.1 Å². The van der Waals surface area contributed by atoms with Gasteiger partial charge < -0.3 is 0 Å². The van der Waals surface area contributed by atoms with Gasteiger partial charge in [-0.15, -0.1) is 0 Å². The van der Waals surface area contributed by atoms with E-state index < -0.39 is 23.4 Å². The molecule has 0 heterocycles. The molecule has 0 atom stereocenters. The summed E-state index contributed by atoms with van der Waals surface area (Å²) < 4.78 is 64.2. The molecule has 0 aromatic heterocycles. The molecule has 0 saturated carbocycles. The van der Waals surface area contributed by atoms with Crippen LogP contribution in [0, 0.1) is 23.0 Å². The topological polar surface area (TPSA) is 23.8 Å². The average molecular weight is 315 g/mol. The second-order valence-corrected chi connectivity index (χ2v) is 5.08. The summed E-state index contributed by atoms with van der Waals surface area (Å²) in [6, 6.07) is 6.92. The van der Waals surface area contributed by atoms with E-state index in [9.17, 15) is 22.0 Å². The minimum absolute atomic E-state index is 0.105. The quantitative estimate of drug-likeness (QED) is 0.728. The Morgan fingerprint density at radius 2 is 1.67 bits per heavy atom. The molecule has 2 aromatic rings. The molecule has 1 nitrogen and oxygen atoms in total. The largest absolute Gasteiger partial charge is 0.416 e. The number of hydrogen-bond donors (Lipinski definition) is 0. The molecule has 0 aliphatic carbocycles. The first kappa shape index (κ1) is 15.3. The van der Waals surface area contributed by atoms with Gasteiger partial charge >= 0.3 is 6.18 Å². The number of hydrogen-bond acceptors (Lipinski definition) is 2. The third kappa shape index (κ3) is 3.52. The van der Waals surface area contributed by atoms with Gasteiger partial charge in [-0.05, 0) is 36.4 Å². The summed E-state index contributed by atoms with van der Waals surface area (Å²) in [5.74, 6) is -1.39. The Morgan fingerprint density at radius 1 is 0.952 bits per heavy atom. The Bertz CT molecular complexity index is 718. The van der Waals surface area contributed by atoms with Crippen LogP contribution in [0.2, 0.25) is 0 Å². The zero-order valence-corrected chi connectivity index (χ0v) is 11.0. The lowest BCUT2D eigenvalue weighted by Crippen LogP contribution is -2.05. The average Bonchev–Trinajstić information content (AvgIpc) is 2.42. The lowest BCUT2D eigenvalue weighted by molar-refractivity contribution is -0.137. The van der Waals surface area contributed by atoms with Crippen molar-refractivity contribution >= 4 is 11.8 Å². The SMILES string of the molecule is N#Cc1cc(C(F)(F)F)ccc1Sc1cc(F)ccc1F. The van der Waals surface area contributed by atoms with Crippen molar-refractivity contribution in [2.24, 2.45) is 0 Å². The molecule has 7 heteroatoms. The van der Waals surface area contributed by atoms with Crippen LogP contribution in [0.25, 0.3) is 0 Å². The molecule has 21 heavy (non-hydrogen) atoms. The summed E-state index contributed by atoms with van der Waals surface area (Å²) in [5.41, 5.74) is -1.22. The molecule has 2 aromatic carbocycles. The second kappa shape index (κ2) is 5.74. The standard InChI is InChI=1S/C14H6F5NS/c15-10-2-3-11(16)13(6-10)21-12-4-1-9(14(17,18)19)5-8(12)7-20/h1-6H. The molecule has 2 rings (SSSR count). The third-order valence-corrected chi connectivity index (χ3v) is 3.65. The van der Waals surface area contributed by atoms with Crippen molar-refractivity contribution in [2.45, 2.75) is 16.0 Å². The van der Waals surface area contributed by atoms with E-state index in [2.05, 4.69) is 0 Å². The fourth-order valence-corrected chi connectivity index (χ4v) is 2.48. The van der Waals surface area contributed by atoms with E-state index in [1.165, 1.54) is 0 Å². The van der Waals surface area contributed by atoms with Crippen molar-refractivity contribution < 1.29 is 22.0 Å². The molecule has 0 aliphatic rings. The summed E-state index contributed by atoms with van der Waals surface area (Å²) >= 11 is 0.694. The normalized spacial score (nSPS) is 11.2. The first-order valence-corrected chi connectivity index (χ1v) is 6.37. The summed E-state index contributed by atoms with van der Waals surface area (Å²) in [6.07, 6.45) is -4.57. The van der Waals surface area contributed by atoms with Gasteiger partial charge in [0.05, 0.1) is 16.0 Å². The Labute approximate surface area is 121 Å². The fraction of sp³-hybridized carbons (Fsp3) is 0.0714. The molecular weight excluding hydrogens is 309 g/mol. The molecule has 108 valence electrons. The Kier molecular flexibility index (Phi) is 4.19. The van der Waals surface area contributed by atoms with Crippen LogP contribution in [-0.4, -0.2) is 0 Å². The molecule has 0 spiro atoms. The monoisotopic (exact) mass is 315 g/mol. The molecule has 0 N–H and O–H groups in total. The van der Waals surface area contributed by atoms with Crippen molar-refractivity contribution in [1.29, 1.82) is 5.26 Å². The van der Waals surface area contributed by atoms with Gasteiger partial charge in [0.25, 0.3) is 0 Å². The van der Waals surface area contributed by atoms with Crippen LogP contribution in [0.3, 0.4) is 0 Å². The van der Waals surface area contributed by atoms with Crippen LogP contribution < -0.4 is 0 Å². The van der Waals surface area contributed by atoms with E-state index in [4.69, 9.17) is 5.26 Å². The van der Waals surface area contributed by atoms with Crippen LogP contribution >= 0.6 is 11.8 Å². The van der Waals surface area contributed by atoms with Gasteiger partial charge in [-0.25, -0.2) is 8.78 Å². The van der Waals surface area contributed by atoms with Crippen molar-refractivity contribution in [3.05, 3.63) is 59.2 Å². The smallest absolute Gasteiger partial charge is 0.207 e. The van der Waals surface area contributed by atoms with Gasteiger partial charge in [0.15, 0.2) is 0 Å². The van der Waals surface area contributed by atoms with Gasteiger partial charge in [0, 0.05) is 4.90 Å². The predicted octanol–water partition coefficient (Wildman–Crippen LogP) is 5.01. The summed E-state index contributed by atoms with van der Waals surface area (Å²) in [5, 5.41) is 8.91. The van der Waals surface area contributed by atoms with Crippen molar-refractivity contribution in [1.82, 2.24) is 0 Å². The van der Waals surface area contributed by atoms with Crippen LogP contribution in [-0.2, 0) is 6.18 Å². The fourth-order valence-electron chi connectivity index (χ4n) is 1.56. The summed E-state index contributed by atoms with van der Waals surface area (Å²) in [4.78, 5) is 0.0151. The maximum absolute atomic E-state index is 13.5. The molecule has 0 amide bonds. The minimum Gasteiger partial charge on any atom is -0.207 e. The van der Waals surface area contributed by atoms with Gasteiger partial charge in [-0.3, -0.25) is 0 Å². The maximum atomic E-state index is 13.5. The number of nitriles is 1. The third-order valence-electron chi connectivity index (χ3n) is 2.54. The van der Waals surface area contributed by atoms with Gasteiger partial charge in [-0.1, -0.05) is 11.8 Å². The number of halogens is 5. The number of rotatable bonds is 2. The van der Waals surface area contributed by atoms with E-state index in [0.717, 1.165) is 30.3 Å². The second-order valence-electron chi connectivity index (χ2n) is 4.00. The van der Waals surface area contributed by atoms with Crippen molar-refractivity contribution in [3.8, 4) is 6.07 Å². The van der Waals surface area contributed by atoms with E-state index in [-0.39, 0.29) is 15.4 Å². The Hall–Kier alpha value is -2.07.